The molecule has 0 aromatic heterocycles. The van der Waals surface area contributed by atoms with Crippen molar-refractivity contribution in [3.05, 3.63) is 29.6 Å². The topological polar surface area (TPSA) is 58.2 Å². The first-order chi connectivity index (χ1) is 8.49. The van der Waals surface area contributed by atoms with Crippen molar-refractivity contribution >= 4 is 22.4 Å². The molecule has 1 aliphatic rings. The Morgan fingerprint density at radius 3 is 2.53 bits per heavy atom. The van der Waals surface area contributed by atoms with E-state index in [9.17, 15) is 12.8 Å². The molecule has 0 radical (unpaired) electrons. The van der Waals surface area contributed by atoms with Gasteiger partial charge in [-0.3, -0.25) is 0 Å². The van der Waals surface area contributed by atoms with Gasteiger partial charge in [-0.25, -0.2) is 17.5 Å². The maximum absolute atomic E-state index is 13.4. The molecule has 0 amide bonds. The lowest BCUT2D eigenvalue weighted by atomic mass is 10.1. The first kappa shape index (κ1) is 16.4. The molecule has 0 aliphatic carbocycles. The highest BCUT2D eigenvalue weighted by Gasteiger charge is 2.22. The minimum Gasteiger partial charge on any atom is -0.317 e. The highest BCUT2D eigenvalue weighted by molar-refractivity contribution is 7.89. The van der Waals surface area contributed by atoms with E-state index in [0.29, 0.717) is 5.56 Å². The van der Waals surface area contributed by atoms with Gasteiger partial charge in [0.25, 0.3) is 0 Å². The molecule has 4 nitrogen and oxygen atoms in total. The van der Waals surface area contributed by atoms with Crippen molar-refractivity contribution in [2.45, 2.75) is 30.7 Å². The summed E-state index contributed by atoms with van der Waals surface area (Å²) >= 11 is 0. The molecule has 0 atom stereocenters. The summed E-state index contributed by atoms with van der Waals surface area (Å²) in [6.45, 7) is 3.21. The molecule has 0 unspecified atom stereocenters. The minimum atomic E-state index is -3.62. The molecular weight excluding hydrogens is 291 g/mol. The van der Waals surface area contributed by atoms with Crippen LogP contribution in [0, 0.1) is 12.7 Å². The molecule has 1 aromatic carbocycles. The average Bonchev–Trinajstić information content (AvgIpc) is 2.33. The van der Waals surface area contributed by atoms with Crippen molar-refractivity contribution in [1.29, 1.82) is 0 Å². The van der Waals surface area contributed by atoms with Crippen LogP contribution in [0.4, 0.5) is 4.39 Å². The SMILES string of the molecule is Cc1ccc(S(=O)(=O)NC2CCNCC2)cc1F.Cl. The smallest absolute Gasteiger partial charge is 0.240 e. The van der Waals surface area contributed by atoms with Gasteiger partial charge in [-0.05, 0) is 50.6 Å². The molecule has 1 heterocycles. The van der Waals surface area contributed by atoms with Gasteiger partial charge in [-0.2, -0.15) is 0 Å². The molecule has 0 spiro atoms. The quantitative estimate of drug-likeness (QED) is 0.891. The summed E-state index contributed by atoms with van der Waals surface area (Å²) in [5.41, 5.74) is 0.441. The van der Waals surface area contributed by atoms with Gasteiger partial charge in [-0.15, -0.1) is 12.4 Å². The molecule has 7 heteroatoms. The van der Waals surface area contributed by atoms with Crippen LogP contribution in [-0.2, 0) is 10.0 Å². The Labute approximate surface area is 119 Å². The first-order valence-electron chi connectivity index (χ1n) is 5.98. The lowest BCUT2D eigenvalue weighted by Crippen LogP contribution is -2.42. The Balaban J connectivity index is 0.00000180. The van der Waals surface area contributed by atoms with E-state index in [1.165, 1.54) is 12.1 Å². The number of aryl methyl sites for hydroxylation is 1. The van der Waals surface area contributed by atoms with Gasteiger partial charge in [0.1, 0.15) is 5.82 Å². The Bertz CT molecular complexity index is 531. The number of benzene rings is 1. The molecule has 2 rings (SSSR count). The summed E-state index contributed by atoms with van der Waals surface area (Å²) in [6.07, 6.45) is 1.52. The number of hydrogen-bond donors (Lipinski definition) is 2. The summed E-state index contributed by atoms with van der Waals surface area (Å²) < 4.78 is 40.1. The zero-order valence-corrected chi connectivity index (χ0v) is 12.3. The number of sulfonamides is 1. The molecular formula is C12H18ClFN2O2S. The van der Waals surface area contributed by atoms with Crippen molar-refractivity contribution in [3.8, 4) is 0 Å². The Hall–Kier alpha value is -0.690. The van der Waals surface area contributed by atoms with E-state index in [-0.39, 0.29) is 23.3 Å². The number of rotatable bonds is 3. The van der Waals surface area contributed by atoms with Gasteiger partial charge in [0.2, 0.25) is 10.0 Å². The largest absolute Gasteiger partial charge is 0.317 e. The summed E-state index contributed by atoms with van der Waals surface area (Å²) in [6, 6.07) is 3.91. The van der Waals surface area contributed by atoms with Gasteiger partial charge in [0.15, 0.2) is 0 Å². The van der Waals surface area contributed by atoms with E-state index in [0.717, 1.165) is 32.0 Å². The monoisotopic (exact) mass is 308 g/mol. The lowest BCUT2D eigenvalue weighted by molar-refractivity contribution is 0.427. The van der Waals surface area contributed by atoms with Crippen LogP contribution in [0.15, 0.2) is 23.1 Å². The van der Waals surface area contributed by atoms with Gasteiger partial charge < -0.3 is 5.32 Å². The van der Waals surface area contributed by atoms with Crippen molar-refractivity contribution in [1.82, 2.24) is 10.0 Å². The fourth-order valence-electron chi connectivity index (χ4n) is 1.97. The van der Waals surface area contributed by atoms with Gasteiger partial charge in [0.05, 0.1) is 4.90 Å². The summed E-state index contributed by atoms with van der Waals surface area (Å²) in [5.74, 6) is -0.497. The molecule has 19 heavy (non-hydrogen) atoms. The minimum absolute atomic E-state index is 0. The molecule has 2 N–H and O–H groups in total. The van der Waals surface area contributed by atoms with Crippen LogP contribution in [0.3, 0.4) is 0 Å². The van der Waals surface area contributed by atoms with Crippen molar-refractivity contribution in [3.63, 3.8) is 0 Å². The maximum Gasteiger partial charge on any atom is 0.240 e. The third-order valence-corrected chi connectivity index (χ3v) is 4.63. The molecule has 1 aromatic rings. The predicted molar refractivity (Wildman–Crippen MR) is 74.6 cm³/mol. The van der Waals surface area contributed by atoms with Crippen LogP contribution in [0.5, 0.6) is 0 Å². The van der Waals surface area contributed by atoms with E-state index in [4.69, 9.17) is 0 Å². The van der Waals surface area contributed by atoms with Crippen LogP contribution in [0.25, 0.3) is 0 Å². The highest BCUT2D eigenvalue weighted by atomic mass is 35.5. The second-order valence-electron chi connectivity index (χ2n) is 4.56. The number of halogens is 2. The fourth-order valence-corrected chi connectivity index (χ4v) is 3.28. The summed E-state index contributed by atoms with van der Waals surface area (Å²) in [5, 5.41) is 3.16. The highest BCUT2D eigenvalue weighted by Crippen LogP contribution is 2.15. The number of nitrogens with one attached hydrogen (secondary N) is 2. The van der Waals surface area contributed by atoms with Crippen LogP contribution >= 0.6 is 12.4 Å². The van der Waals surface area contributed by atoms with Gasteiger partial charge in [0, 0.05) is 6.04 Å². The van der Waals surface area contributed by atoms with Crippen molar-refractivity contribution < 1.29 is 12.8 Å². The Morgan fingerprint density at radius 2 is 1.95 bits per heavy atom. The molecule has 0 saturated carbocycles. The van der Waals surface area contributed by atoms with Crippen molar-refractivity contribution in [2.75, 3.05) is 13.1 Å². The molecule has 0 bridgehead atoms. The molecule has 1 fully saturated rings. The number of piperidine rings is 1. The van der Waals surface area contributed by atoms with Crippen LogP contribution in [-0.4, -0.2) is 27.5 Å². The van der Waals surface area contributed by atoms with E-state index in [1.54, 1.807) is 6.92 Å². The fraction of sp³-hybridized carbons (Fsp3) is 0.500. The number of hydrogen-bond acceptors (Lipinski definition) is 3. The Kier molecular flexibility index (Phi) is 5.73. The molecule has 1 saturated heterocycles. The Morgan fingerprint density at radius 1 is 1.32 bits per heavy atom. The molecule has 1 aliphatic heterocycles. The van der Waals surface area contributed by atoms with Crippen LogP contribution in [0.1, 0.15) is 18.4 Å². The summed E-state index contributed by atoms with van der Waals surface area (Å²) in [4.78, 5) is -0.0101. The first-order valence-corrected chi connectivity index (χ1v) is 7.46. The second kappa shape index (κ2) is 6.65. The molecule has 108 valence electrons. The zero-order valence-electron chi connectivity index (χ0n) is 10.6. The normalized spacial score (nSPS) is 16.9. The van der Waals surface area contributed by atoms with Crippen molar-refractivity contribution in [2.24, 2.45) is 0 Å². The van der Waals surface area contributed by atoms with Crippen LogP contribution < -0.4 is 10.0 Å². The van der Waals surface area contributed by atoms with E-state index < -0.39 is 15.8 Å². The maximum atomic E-state index is 13.4. The lowest BCUT2D eigenvalue weighted by Gasteiger charge is -2.23. The van der Waals surface area contributed by atoms with Crippen LogP contribution in [0.2, 0.25) is 0 Å². The standard InChI is InChI=1S/C12H17FN2O2S.ClH/c1-9-2-3-11(8-12(9)13)18(16,17)15-10-4-6-14-7-5-10;/h2-3,8,10,14-15H,4-7H2,1H3;1H. The summed E-state index contributed by atoms with van der Waals surface area (Å²) in [7, 11) is -3.62. The predicted octanol–water partition coefficient (Wildman–Crippen LogP) is 1.59. The zero-order chi connectivity index (χ0) is 13.2. The third-order valence-electron chi connectivity index (χ3n) is 3.11. The average molecular weight is 309 g/mol. The van der Waals surface area contributed by atoms with E-state index in [2.05, 4.69) is 10.0 Å². The van der Waals surface area contributed by atoms with Gasteiger partial charge >= 0.3 is 0 Å². The van der Waals surface area contributed by atoms with E-state index >= 15 is 0 Å². The van der Waals surface area contributed by atoms with Gasteiger partial charge in [-0.1, -0.05) is 6.07 Å². The second-order valence-corrected chi connectivity index (χ2v) is 6.27. The van der Waals surface area contributed by atoms with E-state index in [1.807, 2.05) is 0 Å². The third kappa shape index (κ3) is 4.14.